The van der Waals surface area contributed by atoms with Gasteiger partial charge in [0, 0.05) is 12.8 Å². The summed E-state index contributed by atoms with van der Waals surface area (Å²) < 4.78 is 30.8. The Bertz CT molecular complexity index is 1700. The van der Waals surface area contributed by atoms with E-state index in [1.165, 1.54) is 186 Å². The van der Waals surface area contributed by atoms with Crippen LogP contribution in [-0.2, 0) is 27.9 Å². The van der Waals surface area contributed by atoms with E-state index in [-0.39, 0.29) is 31.5 Å². The average molecular weight is 1180 g/mol. The number of amides is 1. The molecule has 0 aliphatic rings. The lowest BCUT2D eigenvalue weighted by Crippen LogP contribution is -2.47. The zero-order chi connectivity index (χ0) is 60.7. The minimum Gasteiger partial charge on any atom is -0.456 e. The molecule has 9 nitrogen and oxygen atoms in total. The number of carbonyl (C=O) groups is 2. The van der Waals surface area contributed by atoms with E-state index in [0.29, 0.717) is 17.4 Å². The number of phosphoric acid groups is 1. The Morgan fingerprint density at radius 2 is 0.735 bits per heavy atom. The van der Waals surface area contributed by atoms with E-state index in [1.807, 2.05) is 33.3 Å². The summed E-state index contributed by atoms with van der Waals surface area (Å²) in [7, 11) is 1.49. The number of nitrogens with one attached hydrogen (secondary N) is 1. The number of phosphoric ester groups is 1. The van der Waals surface area contributed by atoms with Crippen LogP contribution in [0.5, 0.6) is 0 Å². The van der Waals surface area contributed by atoms with E-state index in [0.717, 1.165) is 96.3 Å². The highest BCUT2D eigenvalue weighted by atomic mass is 31.2. The molecular weight excluding hydrogens is 1050 g/mol. The lowest BCUT2D eigenvalue weighted by molar-refractivity contribution is -0.870. The van der Waals surface area contributed by atoms with Crippen LogP contribution in [0.15, 0.2) is 85.1 Å². The summed E-state index contributed by atoms with van der Waals surface area (Å²) >= 11 is 0. The van der Waals surface area contributed by atoms with Crippen LogP contribution in [0.3, 0.4) is 0 Å². The van der Waals surface area contributed by atoms with Gasteiger partial charge in [-0.2, -0.15) is 0 Å². The normalized spacial score (nSPS) is 14.1. The minimum absolute atomic E-state index is 0.0352. The number of allylic oxidation sites excluding steroid dienone is 13. The van der Waals surface area contributed by atoms with Crippen molar-refractivity contribution >= 4 is 19.7 Å². The molecule has 0 aliphatic heterocycles. The molecule has 0 heterocycles. The molecule has 0 radical (unpaired) electrons. The maximum absolute atomic E-state index is 13.6. The maximum Gasteiger partial charge on any atom is 0.472 e. The number of carbonyl (C=O) groups excluding carboxylic acids is 2. The Morgan fingerprint density at radius 3 is 1.12 bits per heavy atom. The lowest BCUT2D eigenvalue weighted by atomic mass is 10.0. The Hall–Kier alpha value is -2.81. The van der Waals surface area contributed by atoms with Crippen molar-refractivity contribution in [3.63, 3.8) is 0 Å². The van der Waals surface area contributed by atoms with Gasteiger partial charge in [-0.1, -0.05) is 280 Å². The van der Waals surface area contributed by atoms with Crippen LogP contribution >= 0.6 is 7.82 Å². The first-order valence-electron chi connectivity index (χ1n) is 34.9. The maximum atomic E-state index is 13.6. The van der Waals surface area contributed by atoms with Crippen LogP contribution < -0.4 is 5.32 Å². The van der Waals surface area contributed by atoms with Gasteiger partial charge in [0.05, 0.1) is 33.8 Å². The number of nitrogens with zero attached hydrogens (tertiary/aromatic N) is 1. The minimum atomic E-state index is -4.46. The molecule has 0 aliphatic carbocycles. The monoisotopic (exact) mass is 1180 g/mol. The number of hydrogen-bond acceptors (Lipinski definition) is 6. The van der Waals surface area contributed by atoms with Crippen LogP contribution in [0.1, 0.15) is 316 Å². The van der Waals surface area contributed by atoms with Crippen LogP contribution in [0.4, 0.5) is 0 Å². The van der Waals surface area contributed by atoms with Crippen molar-refractivity contribution in [2.45, 2.75) is 328 Å². The fraction of sp³-hybridized carbons (Fsp3) is 0.781. The lowest BCUT2D eigenvalue weighted by Gasteiger charge is -2.27. The molecule has 0 fully saturated rings. The molecule has 0 spiro atoms. The fourth-order valence-corrected chi connectivity index (χ4v) is 10.6. The van der Waals surface area contributed by atoms with Gasteiger partial charge in [0.1, 0.15) is 19.3 Å². The van der Waals surface area contributed by atoms with Crippen molar-refractivity contribution in [3.05, 3.63) is 85.1 Å². The average Bonchev–Trinajstić information content (AvgIpc) is 3.51. The van der Waals surface area contributed by atoms with Crippen molar-refractivity contribution in [3.8, 4) is 0 Å². The summed E-state index contributed by atoms with van der Waals surface area (Å²) in [5.41, 5.74) is 0. The Morgan fingerprint density at radius 1 is 0.422 bits per heavy atom. The standard InChI is InChI=1S/C73H133N2O7P/c1-7-10-13-16-19-22-25-27-29-31-33-35-37-39-41-43-45-47-50-53-56-59-62-65-72(76)74-70(69-81-83(78,79)80-68-67-75(4,5)6)71(64-61-58-55-52-49-24-21-18-15-12-9-3)82-73(77)66-63-60-57-54-51-48-46-44-42-40-38-36-34-32-30-28-26-23-20-17-14-11-8-2/h19-20,22-23,27-30,33,35,39,41,61,64,70-71H,7-18,21,24-26,31-32,34,36-38,40,42-60,62-63,65-69H2,1-6H3,(H-,74,76,78,79)/p+1/b22-19-,23-20-,29-27-,30-28-,35-33-,41-39-,64-61+. The van der Waals surface area contributed by atoms with E-state index in [1.54, 1.807) is 0 Å². The SMILES string of the molecule is CCCCC/C=C\C/C=C\C/C=C\C/C=C\CCCCCCCCCC(=O)NC(COP(=O)(O)OCC[N+](C)(C)C)C(/C=C/CCCCCCCCCCC)OC(=O)CCCCCCCCCCCCCCC/C=C\C/C=C\CCCCC. The number of esters is 1. The van der Waals surface area contributed by atoms with Crippen molar-refractivity contribution in [1.29, 1.82) is 0 Å². The zero-order valence-corrected chi connectivity index (χ0v) is 56.1. The molecule has 0 rings (SSSR count). The number of hydrogen-bond donors (Lipinski definition) is 2. The summed E-state index contributed by atoms with van der Waals surface area (Å²) in [5, 5.41) is 3.06. The van der Waals surface area contributed by atoms with E-state index in [2.05, 4.69) is 99.0 Å². The molecule has 3 unspecified atom stereocenters. The molecule has 482 valence electrons. The van der Waals surface area contributed by atoms with Crippen molar-refractivity contribution in [2.24, 2.45) is 0 Å². The van der Waals surface area contributed by atoms with Gasteiger partial charge >= 0.3 is 13.8 Å². The van der Waals surface area contributed by atoms with Gasteiger partial charge in [-0.3, -0.25) is 18.6 Å². The smallest absolute Gasteiger partial charge is 0.456 e. The van der Waals surface area contributed by atoms with Crippen LogP contribution in [0, 0.1) is 0 Å². The van der Waals surface area contributed by atoms with E-state index in [9.17, 15) is 19.0 Å². The number of likely N-dealkylation sites (N-methyl/N-ethyl adjacent to an activating group) is 1. The van der Waals surface area contributed by atoms with E-state index < -0.39 is 20.0 Å². The number of ether oxygens (including phenoxy) is 1. The molecule has 0 saturated carbocycles. The first-order chi connectivity index (χ1) is 40.4. The molecule has 0 saturated heterocycles. The van der Waals surface area contributed by atoms with Crippen LogP contribution in [0.25, 0.3) is 0 Å². The third kappa shape index (κ3) is 63.5. The van der Waals surface area contributed by atoms with Crippen LogP contribution in [0.2, 0.25) is 0 Å². The molecule has 0 aromatic rings. The highest BCUT2D eigenvalue weighted by molar-refractivity contribution is 7.47. The van der Waals surface area contributed by atoms with Gasteiger partial charge in [-0.25, -0.2) is 4.57 Å². The van der Waals surface area contributed by atoms with Gasteiger partial charge < -0.3 is 19.4 Å². The first-order valence-corrected chi connectivity index (χ1v) is 36.4. The molecule has 3 atom stereocenters. The number of quaternary nitrogens is 1. The highest BCUT2D eigenvalue weighted by Crippen LogP contribution is 2.43. The highest BCUT2D eigenvalue weighted by Gasteiger charge is 2.30. The predicted molar refractivity (Wildman–Crippen MR) is 360 cm³/mol. The molecule has 0 bridgehead atoms. The quantitative estimate of drug-likeness (QED) is 0.0205. The molecule has 2 N–H and O–H groups in total. The van der Waals surface area contributed by atoms with Crippen LogP contribution in [-0.4, -0.2) is 74.3 Å². The molecule has 83 heavy (non-hydrogen) atoms. The Kier molecular flexibility index (Phi) is 60.1. The van der Waals surface area contributed by atoms with Gasteiger partial charge in [-0.05, 0) is 109 Å². The van der Waals surface area contributed by atoms with E-state index in [4.69, 9.17) is 13.8 Å². The summed E-state index contributed by atoms with van der Waals surface area (Å²) in [5.74, 6) is -0.513. The molecule has 0 aromatic carbocycles. The number of unbranched alkanes of at least 4 members (excludes halogenated alkanes) is 35. The Balaban J connectivity index is 5.08. The molecular formula is C73H134N2O7P+. The van der Waals surface area contributed by atoms with Gasteiger partial charge in [0.15, 0.2) is 0 Å². The fourth-order valence-electron chi connectivity index (χ4n) is 9.90. The number of rotatable bonds is 63. The molecule has 10 heteroatoms. The van der Waals surface area contributed by atoms with Gasteiger partial charge in [0.25, 0.3) is 0 Å². The predicted octanol–water partition coefficient (Wildman–Crippen LogP) is 22.1. The second kappa shape index (κ2) is 62.2. The molecule has 1 amide bonds. The van der Waals surface area contributed by atoms with Crippen molar-refractivity contribution in [1.82, 2.24) is 5.32 Å². The largest absolute Gasteiger partial charge is 0.472 e. The first kappa shape index (κ1) is 80.2. The Labute approximate surface area is 514 Å². The summed E-state index contributed by atoms with van der Waals surface area (Å²) in [6, 6.07) is -0.859. The topological polar surface area (TPSA) is 111 Å². The second-order valence-electron chi connectivity index (χ2n) is 24.7. The van der Waals surface area contributed by atoms with E-state index >= 15 is 0 Å². The van der Waals surface area contributed by atoms with Crippen molar-refractivity contribution in [2.75, 3.05) is 40.9 Å². The third-order valence-electron chi connectivity index (χ3n) is 15.3. The molecule has 0 aromatic heterocycles. The van der Waals surface area contributed by atoms with Crippen molar-refractivity contribution < 1.29 is 37.3 Å². The summed E-state index contributed by atoms with van der Waals surface area (Å²) in [4.78, 5) is 37.9. The zero-order valence-electron chi connectivity index (χ0n) is 55.2. The third-order valence-corrected chi connectivity index (χ3v) is 16.3. The van der Waals surface area contributed by atoms with Gasteiger partial charge in [0.2, 0.25) is 5.91 Å². The van der Waals surface area contributed by atoms with Gasteiger partial charge in [-0.15, -0.1) is 0 Å². The summed E-state index contributed by atoms with van der Waals surface area (Å²) in [6.45, 7) is 6.97. The summed E-state index contributed by atoms with van der Waals surface area (Å²) in [6.07, 6.45) is 83.0. The second-order valence-corrected chi connectivity index (χ2v) is 26.1.